The lowest BCUT2D eigenvalue weighted by molar-refractivity contribution is 0.931. The molecular weight excluding hydrogens is 595 g/mol. The number of aromatic nitrogens is 2. The van der Waals surface area contributed by atoms with Crippen LogP contribution in [-0.4, -0.2) is 21.4 Å². The first-order chi connectivity index (χ1) is 23.2. The fraction of sp³-hybridized carbons (Fsp3) is 0.0244. The van der Waals surface area contributed by atoms with Crippen molar-refractivity contribution in [3.63, 3.8) is 0 Å². The van der Waals surface area contributed by atoms with Gasteiger partial charge in [0.15, 0.2) is 5.82 Å². The minimum atomic E-state index is -0.109. The lowest BCUT2D eigenvalue weighted by Crippen LogP contribution is -2.29. The summed E-state index contributed by atoms with van der Waals surface area (Å²) in [5, 5.41) is 13.1. The van der Waals surface area contributed by atoms with E-state index in [4.69, 9.17) is 9.97 Å². The van der Waals surface area contributed by atoms with Crippen molar-refractivity contribution in [3.8, 4) is 33.9 Å². The number of hydrogen-bond donors (Lipinski definition) is 3. The number of nitrogens with one attached hydrogen (secondary N) is 2. The summed E-state index contributed by atoms with van der Waals surface area (Å²) < 4.78 is 4.40. The summed E-state index contributed by atoms with van der Waals surface area (Å²) in [4.78, 5) is 9.91. The number of fused-ring (bicyclic) bond motifs is 2. The van der Waals surface area contributed by atoms with Crippen molar-refractivity contribution in [1.29, 1.82) is 5.41 Å². The average Bonchev–Trinajstić information content (AvgIpc) is 3.15. The molecule has 0 saturated carbocycles. The molecule has 2 N–H and O–H groups in total. The Balaban J connectivity index is 1.23. The Labute approximate surface area is 279 Å². The van der Waals surface area contributed by atoms with Crippen LogP contribution in [0.4, 0.5) is 5.69 Å². The van der Waals surface area contributed by atoms with E-state index in [1.807, 2.05) is 72.8 Å². The number of anilines is 1. The van der Waals surface area contributed by atoms with Gasteiger partial charge in [0, 0.05) is 39.1 Å². The van der Waals surface area contributed by atoms with Gasteiger partial charge in [-0.2, -0.15) is 0 Å². The van der Waals surface area contributed by atoms with Crippen LogP contribution in [-0.2, 0) is 0 Å². The summed E-state index contributed by atoms with van der Waals surface area (Å²) in [6.07, 6.45) is 2.14. The number of nitrogens with zero attached hydrogens (tertiary/aromatic N) is 3. The van der Waals surface area contributed by atoms with Gasteiger partial charge in [0.25, 0.3) is 0 Å². The predicted octanol–water partition coefficient (Wildman–Crippen LogP) is 9.80. The monoisotopic (exact) mass is 623 g/mol. The summed E-state index contributed by atoms with van der Waals surface area (Å²) in [6, 6.07) is 49.0. The van der Waals surface area contributed by atoms with E-state index in [0.717, 1.165) is 67.2 Å². The standard InChI is InChI=1S/C41H29N5S/c42-38-32(24-33-37(40(38)46-47)31-18-10-11-19-34(31)43-39(33)29-14-6-2-7-15-29)26-20-22-28(23-21-26)36-25-35(27-12-4-1-5-13-27)44-41(45-36)30-16-8-3-9-17-30/h1-25,39,42-43,47H. The van der Waals surface area contributed by atoms with Crippen LogP contribution in [0.1, 0.15) is 22.7 Å². The summed E-state index contributed by atoms with van der Waals surface area (Å²) in [5.41, 5.74) is 12.4. The average molecular weight is 624 g/mol. The molecule has 0 spiro atoms. The highest BCUT2D eigenvalue weighted by molar-refractivity contribution is 7.79. The lowest BCUT2D eigenvalue weighted by atomic mass is 9.76. The minimum absolute atomic E-state index is 0.109. The largest absolute Gasteiger partial charge is 0.374 e. The number of allylic oxidation sites excluding steroid dienone is 2. The Morgan fingerprint density at radius 2 is 1.17 bits per heavy atom. The smallest absolute Gasteiger partial charge is 0.160 e. The van der Waals surface area contributed by atoms with Crippen molar-refractivity contribution in [1.82, 2.24) is 9.97 Å². The first-order valence-electron chi connectivity index (χ1n) is 15.5. The lowest BCUT2D eigenvalue weighted by Gasteiger charge is -2.35. The van der Waals surface area contributed by atoms with E-state index in [2.05, 4.69) is 101 Å². The molecule has 1 aliphatic carbocycles. The molecule has 1 atom stereocenters. The van der Waals surface area contributed by atoms with Crippen LogP contribution in [0.3, 0.4) is 0 Å². The molecule has 1 aliphatic heterocycles. The third kappa shape index (κ3) is 5.29. The first-order valence-corrected chi connectivity index (χ1v) is 15.9. The van der Waals surface area contributed by atoms with Gasteiger partial charge in [0.05, 0.1) is 23.1 Å². The molecule has 5 aromatic carbocycles. The third-order valence-corrected chi connectivity index (χ3v) is 8.89. The van der Waals surface area contributed by atoms with Gasteiger partial charge in [-0.1, -0.05) is 133 Å². The van der Waals surface area contributed by atoms with Crippen LogP contribution in [0.15, 0.2) is 162 Å². The predicted molar refractivity (Wildman–Crippen MR) is 197 cm³/mol. The van der Waals surface area contributed by atoms with Gasteiger partial charge in [-0.05, 0) is 47.7 Å². The fourth-order valence-corrected chi connectivity index (χ4v) is 6.58. The van der Waals surface area contributed by atoms with E-state index in [9.17, 15) is 5.41 Å². The molecule has 0 radical (unpaired) electrons. The molecule has 5 nitrogen and oxygen atoms in total. The number of hydrogen-bond acceptors (Lipinski definition) is 6. The number of para-hydroxylation sites is 1. The molecule has 1 unspecified atom stereocenters. The minimum Gasteiger partial charge on any atom is -0.374 e. The van der Waals surface area contributed by atoms with Gasteiger partial charge < -0.3 is 5.32 Å². The maximum absolute atomic E-state index is 9.32. The molecule has 0 amide bonds. The molecule has 47 heavy (non-hydrogen) atoms. The van der Waals surface area contributed by atoms with E-state index in [1.165, 1.54) is 0 Å². The number of rotatable bonds is 5. The maximum atomic E-state index is 9.32. The quantitative estimate of drug-likeness (QED) is 0.132. The van der Waals surface area contributed by atoms with E-state index in [1.54, 1.807) is 0 Å². The summed E-state index contributed by atoms with van der Waals surface area (Å²) in [6.45, 7) is 0. The molecule has 1 aromatic heterocycles. The van der Waals surface area contributed by atoms with Crippen LogP contribution >= 0.6 is 12.8 Å². The molecule has 0 fully saturated rings. The zero-order chi connectivity index (χ0) is 31.7. The van der Waals surface area contributed by atoms with Crippen molar-refractivity contribution in [3.05, 3.63) is 174 Å². The zero-order valence-corrected chi connectivity index (χ0v) is 26.2. The van der Waals surface area contributed by atoms with E-state index < -0.39 is 0 Å². The summed E-state index contributed by atoms with van der Waals surface area (Å²) >= 11 is 4.40. The van der Waals surface area contributed by atoms with Crippen LogP contribution in [0.5, 0.6) is 0 Å². The number of thiol groups is 1. The highest BCUT2D eigenvalue weighted by Gasteiger charge is 2.35. The van der Waals surface area contributed by atoms with Crippen LogP contribution in [0.25, 0.3) is 45.0 Å². The van der Waals surface area contributed by atoms with Gasteiger partial charge in [0.1, 0.15) is 5.71 Å². The molecule has 0 saturated heterocycles. The van der Waals surface area contributed by atoms with Crippen LogP contribution < -0.4 is 5.32 Å². The fourth-order valence-electron chi connectivity index (χ4n) is 6.38. The highest BCUT2D eigenvalue weighted by atomic mass is 32.1. The molecule has 2 heterocycles. The van der Waals surface area contributed by atoms with Gasteiger partial charge in [-0.25, -0.2) is 14.4 Å². The topological polar surface area (TPSA) is 74.0 Å². The van der Waals surface area contributed by atoms with E-state index in [0.29, 0.717) is 17.2 Å². The van der Waals surface area contributed by atoms with Gasteiger partial charge >= 0.3 is 0 Å². The van der Waals surface area contributed by atoms with Gasteiger partial charge in [0.2, 0.25) is 0 Å². The molecular formula is C41H29N5S. The van der Waals surface area contributed by atoms with E-state index in [-0.39, 0.29) is 6.04 Å². The van der Waals surface area contributed by atoms with Crippen molar-refractivity contribution in [2.45, 2.75) is 6.04 Å². The Kier molecular flexibility index (Phi) is 7.40. The van der Waals surface area contributed by atoms with Gasteiger partial charge in [-0.3, -0.25) is 5.41 Å². The number of benzene rings is 5. The SMILES string of the molecule is N=C1C(c2ccc(-c3cc(-c4ccccc4)nc(-c4ccccc4)n3)cc2)=CC2=C(C1=NS)c1ccccc1NC2c1ccccc1. The van der Waals surface area contributed by atoms with Crippen molar-refractivity contribution in [2.75, 3.05) is 5.32 Å². The van der Waals surface area contributed by atoms with E-state index >= 15 is 0 Å². The molecule has 0 bridgehead atoms. The van der Waals surface area contributed by atoms with Gasteiger partial charge in [-0.15, -0.1) is 0 Å². The molecule has 6 aromatic rings. The second-order valence-electron chi connectivity index (χ2n) is 11.5. The van der Waals surface area contributed by atoms with Crippen LogP contribution in [0, 0.1) is 5.41 Å². The second-order valence-corrected chi connectivity index (χ2v) is 11.7. The third-order valence-electron chi connectivity index (χ3n) is 8.69. The zero-order valence-electron chi connectivity index (χ0n) is 25.3. The molecule has 2 aliphatic rings. The Hall–Kier alpha value is -5.85. The Bertz CT molecular complexity index is 2160. The Morgan fingerprint density at radius 1 is 0.617 bits per heavy atom. The van der Waals surface area contributed by atoms with Crippen molar-refractivity contribution < 1.29 is 0 Å². The highest BCUT2D eigenvalue weighted by Crippen LogP contribution is 2.45. The van der Waals surface area contributed by atoms with Crippen molar-refractivity contribution in [2.24, 2.45) is 4.40 Å². The van der Waals surface area contributed by atoms with Crippen molar-refractivity contribution >= 4 is 41.1 Å². The second kappa shape index (κ2) is 12.2. The first kappa shape index (κ1) is 28.6. The maximum Gasteiger partial charge on any atom is 0.160 e. The Morgan fingerprint density at radius 3 is 1.83 bits per heavy atom. The normalized spacial score (nSPS) is 16.3. The molecule has 8 rings (SSSR count). The molecule has 6 heteroatoms. The summed E-state index contributed by atoms with van der Waals surface area (Å²) in [5.74, 6) is 0.675. The summed E-state index contributed by atoms with van der Waals surface area (Å²) in [7, 11) is 0. The molecule has 224 valence electrons. The van der Waals surface area contributed by atoms with Crippen LogP contribution in [0.2, 0.25) is 0 Å².